The zero-order valence-corrected chi connectivity index (χ0v) is 12.9. The number of rotatable bonds is 3. The Hall–Kier alpha value is -2.04. The largest absolute Gasteiger partial charge is 0.493 e. The summed E-state index contributed by atoms with van der Waals surface area (Å²) in [6, 6.07) is 5.61. The van der Waals surface area contributed by atoms with Crippen LogP contribution in [0.2, 0.25) is 0 Å². The average Bonchev–Trinajstić information content (AvgIpc) is 2.83. The molecule has 1 N–H and O–H groups in total. The molecule has 0 saturated heterocycles. The first kappa shape index (κ1) is 15.4. The molecule has 1 aliphatic heterocycles. The molecule has 1 aliphatic rings. The molecule has 5 nitrogen and oxygen atoms in total. The number of ether oxygens (including phenoxy) is 2. The van der Waals surface area contributed by atoms with Crippen molar-refractivity contribution in [1.29, 1.82) is 0 Å². The molecular formula is C16H21NO4. The lowest BCUT2D eigenvalue weighted by molar-refractivity contribution is -0.113. The van der Waals surface area contributed by atoms with Crippen LogP contribution in [0.25, 0.3) is 0 Å². The summed E-state index contributed by atoms with van der Waals surface area (Å²) in [7, 11) is 0. The lowest BCUT2D eigenvalue weighted by Gasteiger charge is -2.28. The molecule has 0 fully saturated rings. The van der Waals surface area contributed by atoms with E-state index in [9.17, 15) is 9.59 Å². The molecule has 0 radical (unpaired) electrons. The monoisotopic (exact) mass is 291 g/mol. The maximum Gasteiger partial charge on any atom is 0.408 e. The molecule has 0 saturated carbocycles. The normalized spacial score (nSPS) is 16.4. The highest BCUT2D eigenvalue weighted by molar-refractivity contribution is 5.79. The van der Waals surface area contributed by atoms with Gasteiger partial charge in [0, 0.05) is 12.0 Å². The number of aldehydes is 1. The van der Waals surface area contributed by atoms with Gasteiger partial charge in [0.05, 0.1) is 6.61 Å². The second kappa shape index (κ2) is 5.39. The Morgan fingerprint density at radius 2 is 2.05 bits per heavy atom. The van der Waals surface area contributed by atoms with Crippen molar-refractivity contribution in [2.24, 2.45) is 0 Å². The SMILES string of the molecule is CC(C)(C)OC(=O)NC(C)(C=O)c1cccc2c1OCC2. The van der Waals surface area contributed by atoms with Crippen LogP contribution in [0, 0.1) is 0 Å². The van der Waals surface area contributed by atoms with E-state index >= 15 is 0 Å². The van der Waals surface area contributed by atoms with Gasteiger partial charge in [-0.1, -0.05) is 18.2 Å². The second-order valence-corrected chi connectivity index (χ2v) is 6.34. The van der Waals surface area contributed by atoms with Crippen LogP contribution in [0.4, 0.5) is 4.79 Å². The van der Waals surface area contributed by atoms with Crippen LogP contribution in [-0.4, -0.2) is 24.6 Å². The molecule has 21 heavy (non-hydrogen) atoms. The second-order valence-electron chi connectivity index (χ2n) is 6.34. The van der Waals surface area contributed by atoms with E-state index in [0.717, 1.165) is 12.0 Å². The topological polar surface area (TPSA) is 64.6 Å². The zero-order valence-electron chi connectivity index (χ0n) is 12.9. The van der Waals surface area contributed by atoms with Crippen molar-refractivity contribution in [2.45, 2.75) is 45.3 Å². The Balaban J connectivity index is 2.28. The Morgan fingerprint density at radius 3 is 2.67 bits per heavy atom. The lowest BCUT2D eigenvalue weighted by atomic mass is 9.91. The minimum atomic E-state index is -1.18. The number of nitrogens with one attached hydrogen (secondary N) is 1. The van der Waals surface area contributed by atoms with Crippen molar-refractivity contribution in [3.8, 4) is 5.75 Å². The van der Waals surface area contributed by atoms with Crippen LogP contribution < -0.4 is 10.1 Å². The standard InChI is InChI=1S/C16H21NO4/c1-15(2,3)21-14(19)17-16(4,10-18)12-7-5-6-11-8-9-20-13(11)12/h5-7,10H,8-9H2,1-4H3,(H,17,19). The van der Waals surface area contributed by atoms with E-state index in [1.54, 1.807) is 33.8 Å². The highest BCUT2D eigenvalue weighted by Gasteiger charge is 2.35. The fourth-order valence-electron chi connectivity index (χ4n) is 2.30. The van der Waals surface area contributed by atoms with Crippen LogP contribution in [0.1, 0.15) is 38.8 Å². The molecule has 1 unspecified atom stereocenters. The van der Waals surface area contributed by atoms with Crippen LogP contribution in [-0.2, 0) is 21.5 Å². The minimum absolute atomic E-state index is 0.591. The Labute approximate surface area is 124 Å². The van der Waals surface area contributed by atoms with Crippen LogP contribution in [0.5, 0.6) is 5.75 Å². The maximum absolute atomic E-state index is 12.0. The van der Waals surface area contributed by atoms with Gasteiger partial charge in [-0.15, -0.1) is 0 Å². The first-order valence-electron chi connectivity index (χ1n) is 6.98. The highest BCUT2D eigenvalue weighted by atomic mass is 16.6. The zero-order chi connectivity index (χ0) is 15.7. The van der Waals surface area contributed by atoms with Gasteiger partial charge in [0.25, 0.3) is 0 Å². The molecule has 1 aromatic rings. The van der Waals surface area contributed by atoms with Gasteiger partial charge >= 0.3 is 6.09 Å². The highest BCUT2D eigenvalue weighted by Crippen LogP contribution is 2.35. The molecule has 1 aromatic carbocycles. The van der Waals surface area contributed by atoms with E-state index in [-0.39, 0.29) is 0 Å². The quantitative estimate of drug-likeness (QED) is 0.869. The molecule has 1 atom stereocenters. The number of hydrogen-bond acceptors (Lipinski definition) is 4. The van der Waals surface area contributed by atoms with E-state index in [1.165, 1.54) is 0 Å². The molecule has 0 aliphatic carbocycles. The molecular weight excluding hydrogens is 270 g/mol. The van der Waals surface area contributed by atoms with Gasteiger partial charge in [-0.25, -0.2) is 4.79 Å². The lowest BCUT2D eigenvalue weighted by Crippen LogP contribution is -2.47. The fourth-order valence-corrected chi connectivity index (χ4v) is 2.30. The number of para-hydroxylation sites is 1. The van der Waals surface area contributed by atoms with Crippen molar-refractivity contribution in [1.82, 2.24) is 5.32 Å². The fraction of sp³-hybridized carbons (Fsp3) is 0.500. The molecule has 2 rings (SSSR count). The summed E-state index contributed by atoms with van der Waals surface area (Å²) < 4.78 is 10.8. The van der Waals surface area contributed by atoms with Crippen molar-refractivity contribution in [3.63, 3.8) is 0 Å². The molecule has 1 amide bonds. The summed E-state index contributed by atoms with van der Waals surface area (Å²) in [4.78, 5) is 23.6. The number of hydrogen-bond donors (Lipinski definition) is 1. The third-order valence-electron chi connectivity index (χ3n) is 3.27. The summed E-state index contributed by atoms with van der Waals surface area (Å²) in [6.07, 6.45) is 0.881. The van der Waals surface area contributed by atoms with Gasteiger partial charge in [-0.05, 0) is 33.3 Å². The Bertz CT molecular complexity index is 562. The number of alkyl carbamates (subject to hydrolysis) is 1. The molecule has 0 spiro atoms. The molecule has 1 heterocycles. The predicted molar refractivity (Wildman–Crippen MR) is 78.4 cm³/mol. The van der Waals surface area contributed by atoms with Gasteiger partial charge in [0.2, 0.25) is 0 Å². The maximum atomic E-state index is 12.0. The molecule has 0 aromatic heterocycles. The summed E-state index contributed by atoms with van der Waals surface area (Å²) in [5.74, 6) is 0.683. The van der Waals surface area contributed by atoms with E-state index in [0.29, 0.717) is 24.2 Å². The van der Waals surface area contributed by atoms with Crippen molar-refractivity contribution in [2.75, 3.05) is 6.61 Å². The minimum Gasteiger partial charge on any atom is -0.493 e. The smallest absolute Gasteiger partial charge is 0.408 e. The van der Waals surface area contributed by atoms with Crippen LogP contribution >= 0.6 is 0 Å². The van der Waals surface area contributed by atoms with Gasteiger partial charge in [0.1, 0.15) is 23.2 Å². The van der Waals surface area contributed by atoms with Crippen molar-refractivity contribution >= 4 is 12.4 Å². The van der Waals surface area contributed by atoms with E-state index < -0.39 is 17.2 Å². The van der Waals surface area contributed by atoms with E-state index in [1.807, 2.05) is 12.1 Å². The summed E-state index contributed by atoms with van der Waals surface area (Å²) in [6.45, 7) is 7.55. The predicted octanol–water partition coefficient (Wildman–Crippen LogP) is 2.56. The molecule has 114 valence electrons. The molecule has 5 heteroatoms. The van der Waals surface area contributed by atoms with Crippen LogP contribution in [0.3, 0.4) is 0 Å². The number of benzene rings is 1. The number of amides is 1. The van der Waals surface area contributed by atoms with Crippen LogP contribution in [0.15, 0.2) is 18.2 Å². The van der Waals surface area contributed by atoms with E-state index in [4.69, 9.17) is 9.47 Å². The average molecular weight is 291 g/mol. The van der Waals surface area contributed by atoms with Crippen molar-refractivity contribution < 1.29 is 19.1 Å². The Morgan fingerprint density at radius 1 is 1.33 bits per heavy atom. The number of carbonyl (C=O) groups excluding carboxylic acids is 2. The van der Waals surface area contributed by atoms with Gasteiger partial charge in [-0.2, -0.15) is 0 Å². The number of fused-ring (bicyclic) bond motifs is 1. The van der Waals surface area contributed by atoms with Gasteiger partial charge in [-0.3, -0.25) is 0 Å². The summed E-state index contributed by atoms with van der Waals surface area (Å²) in [5, 5.41) is 2.64. The van der Waals surface area contributed by atoms with Crippen molar-refractivity contribution in [3.05, 3.63) is 29.3 Å². The number of carbonyl (C=O) groups is 2. The third kappa shape index (κ3) is 3.35. The summed E-state index contributed by atoms with van der Waals surface area (Å²) in [5.41, 5.74) is -0.106. The van der Waals surface area contributed by atoms with Gasteiger partial charge in [0.15, 0.2) is 0 Å². The first-order chi connectivity index (χ1) is 9.75. The Kier molecular flexibility index (Phi) is 3.94. The third-order valence-corrected chi connectivity index (χ3v) is 3.27. The van der Waals surface area contributed by atoms with E-state index in [2.05, 4.69) is 5.32 Å². The molecule has 0 bridgehead atoms. The van der Waals surface area contributed by atoms with Gasteiger partial charge < -0.3 is 19.6 Å². The summed E-state index contributed by atoms with van der Waals surface area (Å²) >= 11 is 0. The first-order valence-corrected chi connectivity index (χ1v) is 6.98.